The van der Waals surface area contributed by atoms with E-state index < -0.39 is 0 Å². The first-order valence-electron chi connectivity index (χ1n) is 6.89. The first kappa shape index (κ1) is 12.4. The van der Waals surface area contributed by atoms with E-state index in [0.29, 0.717) is 18.0 Å². The van der Waals surface area contributed by atoms with Crippen molar-refractivity contribution in [1.82, 2.24) is 14.5 Å². The van der Waals surface area contributed by atoms with Crippen LogP contribution in [0.25, 0.3) is 11.2 Å². The van der Waals surface area contributed by atoms with E-state index in [1.54, 1.807) is 0 Å². The lowest BCUT2D eigenvalue weighted by Gasteiger charge is -2.18. The number of aromatic nitrogens is 3. The van der Waals surface area contributed by atoms with Gasteiger partial charge < -0.3 is 10.5 Å². The molecule has 0 saturated carbocycles. The maximum atomic E-state index is 6.06. The number of imidazole rings is 1. The van der Waals surface area contributed by atoms with Crippen molar-refractivity contribution < 1.29 is 4.74 Å². The Hall–Kier alpha value is -1.62. The largest absolute Gasteiger partial charge is 0.378 e. The van der Waals surface area contributed by atoms with Gasteiger partial charge in [-0.1, -0.05) is 6.92 Å². The number of hydrogen-bond donors (Lipinski definition) is 1. The van der Waals surface area contributed by atoms with Crippen molar-refractivity contribution in [2.75, 3.05) is 12.3 Å². The lowest BCUT2D eigenvalue weighted by atomic mass is 9.99. The lowest BCUT2D eigenvalue weighted by molar-refractivity contribution is 0.0839. The van der Waals surface area contributed by atoms with Crippen molar-refractivity contribution in [3.8, 4) is 0 Å². The summed E-state index contributed by atoms with van der Waals surface area (Å²) >= 11 is 0. The molecular weight excluding hydrogens is 240 g/mol. The number of aryl methyl sites for hydroxylation is 1. The number of fused-ring (bicyclic) bond motifs is 1. The maximum Gasteiger partial charge on any atom is 0.202 e. The lowest BCUT2D eigenvalue weighted by Crippen LogP contribution is -2.21. The zero-order valence-corrected chi connectivity index (χ0v) is 11.5. The number of nitrogens with two attached hydrogens (primary N) is 1. The van der Waals surface area contributed by atoms with Crippen LogP contribution in [0.3, 0.4) is 0 Å². The third-order valence-electron chi connectivity index (χ3n) is 4.03. The Bertz CT molecular complexity index is 592. The Kier molecular flexibility index (Phi) is 3.14. The number of nitrogens with zero attached hydrogens (tertiary/aromatic N) is 3. The molecule has 1 saturated heterocycles. The van der Waals surface area contributed by atoms with E-state index in [9.17, 15) is 0 Å². The molecule has 5 heteroatoms. The Labute approximate surface area is 112 Å². The van der Waals surface area contributed by atoms with E-state index in [4.69, 9.17) is 10.5 Å². The zero-order chi connectivity index (χ0) is 13.4. The fourth-order valence-corrected chi connectivity index (χ4v) is 2.92. The molecule has 2 atom stereocenters. The van der Waals surface area contributed by atoms with Crippen LogP contribution in [-0.4, -0.2) is 27.2 Å². The van der Waals surface area contributed by atoms with Crippen LogP contribution in [0.5, 0.6) is 0 Å². The van der Waals surface area contributed by atoms with Gasteiger partial charge in [0.05, 0.1) is 6.10 Å². The maximum absolute atomic E-state index is 6.06. The Morgan fingerprint density at radius 3 is 3.16 bits per heavy atom. The molecule has 2 aromatic rings. The summed E-state index contributed by atoms with van der Waals surface area (Å²) in [6.45, 7) is 5.90. The van der Waals surface area contributed by atoms with Gasteiger partial charge in [-0.05, 0) is 31.4 Å². The van der Waals surface area contributed by atoms with Crippen molar-refractivity contribution in [2.45, 2.75) is 39.3 Å². The fraction of sp³-hybridized carbons (Fsp3) is 0.571. The van der Waals surface area contributed by atoms with Crippen LogP contribution in [-0.2, 0) is 11.3 Å². The second kappa shape index (κ2) is 4.81. The zero-order valence-electron chi connectivity index (χ0n) is 11.5. The van der Waals surface area contributed by atoms with Gasteiger partial charge in [0, 0.05) is 25.3 Å². The number of pyridine rings is 1. The summed E-state index contributed by atoms with van der Waals surface area (Å²) in [5.74, 6) is 1.06. The van der Waals surface area contributed by atoms with Crippen molar-refractivity contribution in [3.05, 3.63) is 17.8 Å². The van der Waals surface area contributed by atoms with Gasteiger partial charge in [-0.2, -0.15) is 0 Å². The molecule has 0 amide bonds. The number of nitrogen functional groups attached to an aromatic ring is 1. The Morgan fingerprint density at radius 2 is 2.37 bits per heavy atom. The van der Waals surface area contributed by atoms with Crippen molar-refractivity contribution in [3.63, 3.8) is 0 Å². The summed E-state index contributed by atoms with van der Waals surface area (Å²) in [4.78, 5) is 8.88. The highest BCUT2D eigenvalue weighted by Crippen LogP contribution is 2.28. The van der Waals surface area contributed by atoms with Crippen LogP contribution in [0.15, 0.2) is 12.3 Å². The molecular formula is C14H20N4O. The van der Waals surface area contributed by atoms with E-state index in [1.807, 2.05) is 23.8 Å². The third kappa shape index (κ3) is 2.08. The van der Waals surface area contributed by atoms with E-state index in [1.165, 1.54) is 0 Å². The molecule has 102 valence electrons. The number of hydrogen-bond acceptors (Lipinski definition) is 4. The topological polar surface area (TPSA) is 66.0 Å². The molecule has 1 fully saturated rings. The van der Waals surface area contributed by atoms with Crippen molar-refractivity contribution >= 4 is 17.1 Å². The number of rotatable bonds is 3. The van der Waals surface area contributed by atoms with Crippen molar-refractivity contribution in [2.24, 2.45) is 5.92 Å². The van der Waals surface area contributed by atoms with Crippen LogP contribution in [0.2, 0.25) is 0 Å². The second-order valence-electron chi connectivity index (χ2n) is 5.25. The molecule has 5 nitrogen and oxygen atoms in total. The van der Waals surface area contributed by atoms with Gasteiger partial charge in [0.15, 0.2) is 5.65 Å². The molecule has 3 rings (SSSR count). The Balaban J connectivity index is 1.96. The quantitative estimate of drug-likeness (QED) is 0.918. The summed E-state index contributed by atoms with van der Waals surface area (Å²) < 4.78 is 7.78. The van der Waals surface area contributed by atoms with Crippen LogP contribution in [0.1, 0.15) is 25.3 Å². The predicted molar refractivity (Wildman–Crippen MR) is 74.8 cm³/mol. The van der Waals surface area contributed by atoms with Gasteiger partial charge in [-0.15, -0.1) is 0 Å². The molecule has 0 spiro atoms. The summed E-state index contributed by atoms with van der Waals surface area (Å²) in [6, 6.07) is 1.96. The number of ether oxygens (including phenoxy) is 1. The number of anilines is 1. The highest BCUT2D eigenvalue weighted by Gasteiger charge is 2.28. The minimum Gasteiger partial charge on any atom is -0.378 e. The van der Waals surface area contributed by atoms with Gasteiger partial charge >= 0.3 is 0 Å². The van der Waals surface area contributed by atoms with E-state index in [0.717, 1.165) is 42.7 Å². The predicted octanol–water partition coefficient (Wildman–Crippen LogP) is 2.14. The fourth-order valence-electron chi connectivity index (χ4n) is 2.92. The average Bonchev–Trinajstić information content (AvgIpc) is 2.97. The van der Waals surface area contributed by atoms with E-state index in [-0.39, 0.29) is 0 Å². The molecule has 3 heterocycles. The van der Waals surface area contributed by atoms with Gasteiger partial charge in [-0.25, -0.2) is 9.97 Å². The van der Waals surface area contributed by atoms with E-state index in [2.05, 4.69) is 16.9 Å². The minimum atomic E-state index is 0.335. The molecule has 0 aromatic carbocycles. The summed E-state index contributed by atoms with van der Waals surface area (Å²) in [5.41, 5.74) is 8.97. The summed E-state index contributed by atoms with van der Waals surface area (Å²) in [6.07, 6.45) is 4.28. The second-order valence-corrected chi connectivity index (χ2v) is 5.25. The Morgan fingerprint density at radius 1 is 1.53 bits per heavy atom. The molecule has 0 radical (unpaired) electrons. The van der Waals surface area contributed by atoms with Crippen LogP contribution < -0.4 is 5.73 Å². The molecule has 2 N–H and O–H groups in total. The monoisotopic (exact) mass is 260 g/mol. The highest BCUT2D eigenvalue weighted by molar-refractivity contribution is 5.77. The van der Waals surface area contributed by atoms with Gasteiger partial charge in [0.2, 0.25) is 5.95 Å². The summed E-state index contributed by atoms with van der Waals surface area (Å²) in [7, 11) is 0. The van der Waals surface area contributed by atoms with Gasteiger partial charge in [0.25, 0.3) is 0 Å². The van der Waals surface area contributed by atoms with E-state index >= 15 is 0 Å². The molecule has 1 aliphatic heterocycles. The first-order chi connectivity index (χ1) is 9.20. The van der Waals surface area contributed by atoms with Crippen molar-refractivity contribution in [1.29, 1.82) is 0 Å². The molecule has 19 heavy (non-hydrogen) atoms. The SMILES string of the molecule is CCC1OCCC1Cn1c(N)nc2c(C)ccnc21. The molecule has 2 unspecified atom stereocenters. The highest BCUT2D eigenvalue weighted by atomic mass is 16.5. The van der Waals surface area contributed by atoms with Crippen LogP contribution in [0, 0.1) is 12.8 Å². The normalized spacial score (nSPS) is 23.3. The standard InChI is InChI=1S/C14H20N4O/c1-3-11-10(5-7-19-11)8-18-13-12(17-14(18)15)9(2)4-6-16-13/h4,6,10-11H,3,5,7-8H2,1-2H3,(H2,15,17). The van der Waals surface area contributed by atoms with Crippen LogP contribution >= 0.6 is 0 Å². The molecule has 2 aromatic heterocycles. The smallest absolute Gasteiger partial charge is 0.202 e. The third-order valence-corrected chi connectivity index (χ3v) is 4.03. The van der Waals surface area contributed by atoms with Crippen LogP contribution in [0.4, 0.5) is 5.95 Å². The molecule has 1 aliphatic rings. The average molecular weight is 260 g/mol. The molecule has 0 aliphatic carbocycles. The van der Waals surface area contributed by atoms with Gasteiger partial charge in [0.1, 0.15) is 5.52 Å². The summed E-state index contributed by atoms with van der Waals surface area (Å²) in [5, 5.41) is 0. The van der Waals surface area contributed by atoms with Gasteiger partial charge in [-0.3, -0.25) is 4.57 Å². The minimum absolute atomic E-state index is 0.335. The first-order valence-corrected chi connectivity index (χ1v) is 6.89. The molecule has 0 bridgehead atoms.